The van der Waals surface area contributed by atoms with E-state index in [9.17, 15) is 14.9 Å². The molecular weight excluding hydrogens is 276 g/mol. The van der Waals surface area contributed by atoms with Crippen LogP contribution < -0.4 is 5.43 Å². The Morgan fingerprint density at radius 1 is 1.45 bits per heavy atom. The summed E-state index contributed by atoms with van der Waals surface area (Å²) < 4.78 is 6.82. The van der Waals surface area contributed by atoms with E-state index in [1.807, 2.05) is 0 Å². The molecule has 3 aromatic heterocycles. The number of nitriles is 1. The Labute approximate surface area is 117 Å². The number of rotatable bonds is 1. The minimum absolute atomic E-state index is 0.0160. The highest BCUT2D eigenvalue weighted by Crippen LogP contribution is 2.27. The van der Waals surface area contributed by atoms with Gasteiger partial charge in [-0.05, 0) is 12.1 Å². The van der Waals surface area contributed by atoms with E-state index in [4.69, 9.17) is 0 Å². The Balaban J connectivity index is 2.56. The molecule has 0 N–H and O–H groups in total. The molecule has 5 nitrogen and oxygen atoms in total. The summed E-state index contributed by atoms with van der Waals surface area (Å²) in [6.07, 6.45) is 1.70. The fourth-order valence-electron chi connectivity index (χ4n) is 2.17. The summed E-state index contributed by atoms with van der Waals surface area (Å²) in [6.45, 7) is 0. The zero-order chi connectivity index (χ0) is 14.3. The lowest BCUT2D eigenvalue weighted by atomic mass is 10.2. The topological polar surface area (TPSA) is 71.6 Å². The molecule has 0 saturated heterocycles. The van der Waals surface area contributed by atoms with Crippen molar-refractivity contribution in [3.05, 3.63) is 51.1 Å². The largest absolute Gasteiger partial charge is 0.465 e. The zero-order valence-corrected chi connectivity index (χ0v) is 11.2. The highest BCUT2D eigenvalue weighted by Gasteiger charge is 2.19. The summed E-state index contributed by atoms with van der Waals surface area (Å²) in [5.41, 5.74) is 0.996. The maximum atomic E-state index is 12.4. The van der Waals surface area contributed by atoms with Crippen molar-refractivity contribution in [1.29, 1.82) is 5.26 Å². The van der Waals surface area contributed by atoms with Crippen molar-refractivity contribution in [2.45, 2.75) is 0 Å². The first kappa shape index (κ1) is 12.4. The van der Waals surface area contributed by atoms with Gasteiger partial charge in [-0.2, -0.15) is 5.26 Å². The molecule has 3 aromatic rings. The van der Waals surface area contributed by atoms with E-state index in [0.29, 0.717) is 21.3 Å². The summed E-state index contributed by atoms with van der Waals surface area (Å²) in [6, 6.07) is 7.45. The molecule has 0 fully saturated rings. The van der Waals surface area contributed by atoms with Crippen LogP contribution in [0.25, 0.3) is 15.7 Å². The molecule has 6 heteroatoms. The Hall–Kier alpha value is -2.65. The molecule has 0 aliphatic rings. The standard InChI is InChI=1S/C14H8N2O3S/c1-19-14(18)9-7-20-13-8(6-15)10-4-2-3-5-16(10)11(13)12(9)17/h2-5,7H,1H3. The van der Waals surface area contributed by atoms with Crippen LogP contribution in [0.15, 0.2) is 34.6 Å². The number of carbonyl (C=O) groups excluding carboxylic acids is 1. The lowest BCUT2D eigenvalue weighted by Gasteiger charge is -1.99. The number of esters is 1. The van der Waals surface area contributed by atoms with Crippen molar-refractivity contribution < 1.29 is 9.53 Å². The highest BCUT2D eigenvalue weighted by atomic mass is 32.1. The number of hydrogen-bond donors (Lipinski definition) is 0. The average Bonchev–Trinajstić information content (AvgIpc) is 2.81. The van der Waals surface area contributed by atoms with Crippen LogP contribution >= 0.6 is 11.3 Å². The van der Waals surface area contributed by atoms with E-state index < -0.39 is 11.4 Å². The van der Waals surface area contributed by atoms with Crippen molar-refractivity contribution in [2.24, 2.45) is 0 Å². The number of aromatic nitrogens is 1. The van der Waals surface area contributed by atoms with E-state index in [1.54, 1.807) is 28.8 Å². The molecule has 0 unspecified atom stereocenters. The van der Waals surface area contributed by atoms with Gasteiger partial charge in [-0.1, -0.05) is 6.07 Å². The second-order valence-electron chi connectivity index (χ2n) is 4.09. The van der Waals surface area contributed by atoms with Gasteiger partial charge in [0.25, 0.3) is 0 Å². The van der Waals surface area contributed by atoms with Crippen LogP contribution in [0.4, 0.5) is 0 Å². The van der Waals surface area contributed by atoms with Crippen LogP contribution in [0.2, 0.25) is 0 Å². The van der Waals surface area contributed by atoms with Crippen LogP contribution in [-0.2, 0) is 4.74 Å². The molecule has 0 atom stereocenters. The third-order valence-corrected chi connectivity index (χ3v) is 4.06. The molecule has 20 heavy (non-hydrogen) atoms. The second kappa shape index (κ2) is 4.47. The molecule has 0 bridgehead atoms. The van der Waals surface area contributed by atoms with Crippen LogP contribution in [0.5, 0.6) is 0 Å². The van der Waals surface area contributed by atoms with Gasteiger partial charge in [0, 0.05) is 11.6 Å². The van der Waals surface area contributed by atoms with Gasteiger partial charge < -0.3 is 9.14 Å². The maximum absolute atomic E-state index is 12.4. The number of methoxy groups -OCH3 is 1. The lowest BCUT2D eigenvalue weighted by Crippen LogP contribution is -2.16. The predicted octanol–water partition coefficient (Wildman–Crippen LogP) is 2.17. The van der Waals surface area contributed by atoms with Crippen molar-refractivity contribution in [2.75, 3.05) is 7.11 Å². The molecule has 0 radical (unpaired) electrons. The number of nitrogens with zero attached hydrogens (tertiary/aromatic N) is 2. The summed E-state index contributed by atoms with van der Waals surface area (Å²) in [7, 11) is 1.23. The summed E-state index contributed by atoms with van der Waals surface area (Å²) in [4.78, 5) is 24.0. The molecule has 0 aromatic carbocycles. The zero-order valence-electron chi connectivity index (χ0n) is 10.4. The van der Waals surface area contributed by atoms with Crippen molar-refractivity contribution in [3.8, 4) is 6.07 Å². The first-order valence-electron chi connectivity index (χ1n) is 5.72. The van der Waals surface area contributed by atoms with Gasteiger partial charge >= 0.3 is 5.97 Å². The predicted molar refractivity (Wildman–Crippen MR) is 75.1 cm³/mol. The molecule has 98 valence electrons. The molecule has 0 aliphatic carbocycles. The summed E-state index contributed by atoms with van der Waals surface area (Å²) in [5, 5.41) is 10.7. The van der Waals surface area contributed by atoms with Gasteiger partial charge in [0.05, 0.1) is 22.9 Å². The van der Waals surface area contributed by atoms with E-state index in [-0.39, 0.29) is 5.56 Å². The molecule has 0 spiro atoms. The Morgan fingerprint density at radius 2 is 2.25 bits per heavy atom. The molecule has 0 amide bonds. The first-order valence-corrected chi connectivity index (χ1v) is 6.60. The second-order valence-corrected chi connectivity index (χ2v) is 4.97. The lowest BCUT2D eigenvalue weighted by molar-refractivity contribution is 0.0600. The Bertz CT molecular complexity index is 947. The van der Waals surface area contributed by atoms with Gasteiger partial charge in [0.2, 0.25) is 5.43 Å². The van der Waals surface area contributed by atoms with Crippen LogP contribution in [0.1, 0.15) is 15.9 Å². The van der Waals surface area contributed by atoms with Gasteiger partial charge in [0.1, 0.15) is 17.1 Å². The Kier molecular flexibility index (Phi) is 2.77. The van der Waals surface area contributed by atoms with Crippen LogP contribution in [-0.4, -0.2) is 17.5 Å². The summed E-state index contributed by atoms with van der Waals surface area (Å²) in [5.74, 6) is -0.669. The van der Waals surface area contributed by atoms with Gasteiger partial charge in [-0.25, -0.2) is 4.79 Å². The minimum atomic E-state index is -0.669. The van der Waals surface area contributed by atoms with Gasteiger partial charge in [0.15, 0.2) is 0 Å². The SMILES string of the molecule is COC(=O)c1csc2c(C#N)c3ccccn3c2c1=O. The maximum Gasteiger partial charge on any atom is 0.342 e. The van der Waals surface area contributed by atoms with Crippen molar-refractivity contribution in [3.63, 3.8) is 0 Å². The molecule has 0 saturated carbocycles. The van der Waals surface area contributed by atoms with E-state index >= 15 is 0 Å². The highest BCUT2D eigenvalue weighted by molar-refractivity contribution is 7.17. The monoisotopic (exact) mass is 284 g/mol. The molecular formula is C14H8N2O3S. The number of ether oxygens (including phenoxy) is 1. The van der Waals surface area contributed by atoms with Crippen LogP contribution in [0.3, 0.4) is 0 Å². The average molecular weight is 284 g/mol. The summed E-state index contributed by atoms with van der Waals surface area (Å²) >= 11 is 1.19. The van der Waals surface area contributed by atoms with E-state index in [1.165, 1.54) is 23.8 Å². The quantitative estimate of drug-likeness (QED) is 0.642. The van der Waals surface area contributed by atoms with Crippen molar-refractivity contribution >= 4 is 33.0 Å². The molecule has 3 heterocycles. The fourth-order valence-corrected chi connectivity index (χ4v) is 3.18. The molecule has 3 rings (SSSR count). The minimum Gasteiger partial charge on any atom is -0.465 e. The Morgan fingerprint density at radius 3 is 2.95 bits per heavy atom. The number of pyridine rings is 1. The van der Waals surface area contributed by atoms with E-state index in [2.05, 4.69) is 10.8 Å². The smallest absolute Gasteiger partial charge is 0.342 e. The number of carbonyl (C=O) groups is 1. The van der Waals surface area contributed by atoms with Crippen LogP contribution in [0, 0.1) is 11.3 Å². The molecule has 0 aliphatic heterocycles. The number of hydrogen-bond acceptors (Lipinski definition) is 5. The first-order chi connectivity index (χ1) is 9.69. The van der Waals surface area contributed by atoms with Gasteiger partial charge in [-0.15, -0.1) is 11.3 Å². The van der Waals surface area contributed by atoms with Gasteiger partial charge in [-0.3, -0.25) is 4.79 Å². The normalized spacial score (nSPS) is 10.6. The third-order valence-electron chi connectivity index (χ3n) is 3.07. The third kappa shape index (κ3) is 1.54. The van der Waals surface area contributed by atoms with E-state index in [0.717, 1.165) is 0 Å². The van der Waals surface area contributed by atoms with Crippen molar-refractivity contribution in [1.82, 2.24) is 4.40 Å². The number of fused-ring (bicyclic) bond motifs is 3. The fraction of sp³-hybridized carbons (Fsp3) is 0.0714.